The summed E-state index contributed by atoms with van der Waals surface area (Å²) in [5.74, 6) is 1.00. The number of para-hydroxylation sites is 1. The number of nitrogens with zero attached hydrogens (tertiary/aromatic N) is 2. The highest BCUT2D eigenvalue weighted by Gasteiger charge is 2.33. The van der Waals surface area contributed by atoms with Crippen LogP contribution in [0.4, 0.5) is 5.82 Å². The molecule has 0 aliphatic carbocycles. The Hall–Kier alpha value is -3.13. The van der Waals surface area contributed by atoms with Crippen molar-refractivity contribution >= 4 is 21.6 Å². The van der Waals surface area contributed by atoms with Gasteiger partial charge in [0, 0.05) is 17.9 Å². The summed E-state index contributed by atoms with van der Waals surface area (Å²) in [5, 5.41) is 7.55. The number of benzene rings is 2. The predicted octanol–water partition coefficient (Wildman–Crippen LogP) is 4.15. The molecule has 180 valence electrons. The van der Waals surface area contributed by atoms with Gasteiger partial charge in [0.05, 0.1) is 23.2 Å². The Labute approximate surface area is 201 Å². The van der Waals surface area contributed by atoms with E-state index >= 15 is 0 Å². The first kappa shape index (κ1) is 24.0. The summed E-state index contributed by atoms with van der Waals surface area (Å²) in [6, 6.07) is 19.3. The Morgan fingerprint density at radius 2 is 1.82 bits per heavy atom. The molecule has 8 heteroatoms. The smallest absolute Gasteiger partial charge is 0.263 e. The molecule has 0 bridgehead atoms. The van der Waals surface area contributed by atoms with Gasteiger partial charge >= 0.3 is 0 Å². The number of hydrogen-bond donors (Lipinski definition) is 1. The average Bonchev–Trinajstić information content (AvgIpc) is 3.36. The fourth-order valence-corrected chi connectivity index (χ4v) is 5.72. The molecule has 0 saturated carbocycles. The molecule has 2 heterocycles. The quantitative estimate of drug-likeness (QED) is 0.548. The first-order valence-electron chi connectivity index (χ1n) is 11.5. The van der Waals surface area contributed by atoms with Gasteiger partial charge in [-0.05, 0) is 23.6 Å². The van der Waals surface area contributed by atoms with Crippen LogP contribution in [0.25, 0.3) is 0 Å². The number of hydrogen-bond acceptors (Lipinski definition) is 5. The average molecular weight is 482 g/mol. The lowest BCUT2D eigenvalue weighted by Gasteiger charge is -2.16. The number of carbonyl (C=O) groups is 1. The van der Waals surface area contributed by atoms with Crippen molar-refractivity contribution in [3.63, 3.8) is 0 Å². The molecule has 7 nitrogen and oxygen atoms in total. The minimum absolute atomic E-state index is 0.0322. The molecule has 1 amide bonds. The second-order valence-corrected chi connectivity index (χ2v) is 12.0. The zero-order chi connectivity index (χ0) is 24.3. The number of carbonyl (C=O) groups excluding carboxylic acids is 1. The summed E-state index contributed by atoms with van der Waals surface area (Å²) < 4.78 is 31.6. The van der Waals surface area contributed by atoms with E-state index in [0.29, 0.717) is 24.4 Å². The fraction of sp³-hybridized carbons (Fsp3) is 0.385. The molecule has 1 aliphatic rings. The van der Waals surface area contributed by atoms with Gasteiger partial charge in [-0.15, -0.1) is 0 Å². The van der Waals surface area contributed by atoms with Crippen LogP contribution in [-0.4, -0.2) is 42.2 Å². The van der Waals surface area contributed by atoms with Gasteiger partial charge < -0.3 is 10.1 Å². The first-order chi connectivity index (χ1) is 16.1. The highest BCUT2D eigenvalue weighted by molar-refractivity contribution is 7.91. The van der Waals surface area contributed by atoms with Crippen LogP contribution < -0.4 is 10.1 Å². The van der Waals surface area contributed by atoms with E-state index in [9.17, 15) is 13.2 Å². The number of rotatable bonds is 7. The molecular formula is C26H31N3O4S. The topological polar surface area (TPSA) is 90.3 Å². The van der Waals surface area contributed by atoms with Crippen LogP contribution in [0.5, 0.6) is 5.75 Å². The summed E-state index contributed by atoms with van der Waals surface area (Å²) in [7, 11) is -3.09. The van der Waals surface area contributed by atoms with Crippen LogP contribution in [0, 0.1) is 0 Å². The van der Waals surface area contributed by atoms with E-state index in [1.54, 1.807) is 4.68 Å². The summed E-state index contributed by atoms with van der Waals surface area (Å²) in [4.78, 5) is 12.8. The molecule has 1 aliphatic heterocycles. The van der Waals surface area contributed by atoms with Crippen LogP contribution in [-0.2, 0) is 26.5 Å². The normalized spacial score (nSPS) is 17.4. The molecule has 34 heavy (non-hydrogen) atoms. The maximum atomic E-state index is 12.8. The largest absolute Gasteiger partial charge is 0.483 e. The van der Waals surface area contributed by atoms with Gasteiger partial charge in [-0.25, -0.2) is 13.1 Å². The highest BCUT2D eigenvalue weighted by Crippen LogP contribution is 2.31. The van der Waals surface area contributed by atoms with Gasteiger partial charge in [-0.3, -0.25) is 4.79 Å². The fourth-order valence-electron chi connectivity index (χ4n) is 4.03. The highest BCUT2D eigenvalue weighted by atomic mass is 32.2. The van der Waals surface area contributed by atoms with Crippen molar-refractivity contribution in [1.29, 1.82) is 0 Å². The zero-order valence-corrected chi connectivity index (χ0v) is 20.6. The Morgan fingerprint density at radius 1 is 1.12 bits per heavy atom. The van der Waals surface area contributed by atoms with Crippen molar-refractivity contribution in [2.75, 3.05) is 23.4 Å². The first-order valence-corrected chi connectivity index (χ1v) is 13.3. The monoisotopic (exact) mass is 481 g/mol. The van der Waals surface area contributed by atoms with E-state index in [1.807, 2.05) is 69.3 Å². The van der Waals surface area contributed by atoms with Gasteiger partial charge in [0.1, 0.15) is 11.6 Å². The molecule has 0 unspecified atom stereocenters. The van der Waals surface area contributed by atoms with Crippen LogP contribution in [0.3, 0.4) is 0 Å². The van der Waals surface area contributed by atoms with Gasteiger partial charge in [-0.1, -0.05) is 69.3 Å². The number of ether oxygens (including phenoxy) is 1. The van der Waals surface area contributed by atoms with E-state index in [4.69, 9.17) is 4.74 Å². The van der Waals surface area contributed by atoms with Gasteiger partial charge in [0.15, 0.2) is 16.4 Å². The number of anilines is 1. The minimum atomic E-state index is -3.09. The van der Waals surface area contributed by atoms with Crippen LogP contribution in [0.2, 0.25) is 0 Å². The third-order valence-electron chi connectivity index (χ3n) is 5.89. The van der Waals surface area contributed by atoms with Crippen molar-refractivity contribution < 1.29 is 17.9 Å². The van der Waals surface area contributed by atoms with E-state index < -0.39 is 9.84 Å². The number of nitrogens with one attached hydrogen (secondary N) is 1. The van der Waals surface area contributed by atoms with Crippen LogP contribution in [0.1, 0.15) is 50.1 Å². The minimum Gasteiger partial charge on any atom is -0.483 e. The second-order valence-electron chi connectivity index (χ2n) is 9.77. The van der Waals surface area contributed by atoms with Crippen molar-refractivity contribution in [3.05, 3.63) is 77.5 Å². The van der Waals surface area contributed by atoms with Crippen LogP contribution >= 0.6 is 0 Å². The zero-order valence-electron chi connectivity index (χ0n) is 19.8. The summed E-state index contributed by atoms with van der Waals surface area (Å²) in [5.41, 5.74) is 2.71. The maximum absolute atomic E-state index is 12.8. The molecule has 4 rings (SSSR count). The van der Waals surface area contributed by atoms with Crippen LogP contribution in [0.15, 0.2) is 60.7 Å². The maximum Gasteiger partial charge on any atom is 0.263 e. The second kappa shape index (κ2) is 9.62. The van der Waals surface area contributed by atoms with Crippen molar-refractivity contribution in [2.24, 2.45) is 0 Å². The SMILES string of the molecule is CC(C)(C)c1cc(NC(=O)COc2ccccc2Cc2ccccc2)n([C@H]2CCS(=O)(=O)C2)n1. The molecule has 1 atom stereocenters. The Morgan fingerprint density at radius 3 is 2.50 bits per heavy atom. The molecule has 1 saturated heterocycles. The van der Waals surface area contributed by atoms with E-state index in [0.717, 1.165) is 16.8 Å². The summed E-state index contributed by atoms with van der Waals surface area (Å²) in [6.45, 7) is 5.93. The Kier molecular flexibility index (Phi) is 6.79. The Balaban J connectivity index is 1.47. The molecule has 3 aromatic rings. The predicted molar refractivity (Wildman–Crippen MR) is 133 cm³/mol. The summed E-state index contributed by atoms with van der Waals surface area (Å²) in [6.07, 6.45) is 1.19. The molecular weight excluding hydrogens is 450 g/mol. The van der Waals surface area contributed by atoms with Gasteiger partial charge in [0.2, 0.25) is 0 Å². The lowest BCUT2D eigenvalue weighted by molar-refractivity contribution is -0.118. The van der Waals surface area contributed by atoms with Gasteiger partial charge in [-0.2, -0.15) is 5.10 Å². The molecule has 1 fully saturated rings. The number of aromatic nitrogens is 2. The van der Waals surface area contributed by atoms with Gasteiger partial charge in [0.25, 0.3) is 5.91 Å². The summed E-state index contributed by atoms with van der Waals surface area (Å²) >= 11 is 0. The molecule has 2 aromatic carbocycles. The molecule has 0 spiro atoms. The molecule has 0 radical (unpaired) electrons. The lowest BCUT2D eigenvalue weighted by atomic mass is 9.92. The lowest BCUT2D eigenvalue weighted by Crippen LogP contribution is -2.24. The Bertz CT molecular complexity index is 1260. The van der Waals surface area contributed by atoms with E-state index in [-0.39, 0.29) is 35.5 Å². The molecule has 1 N–H and O–H groups in total. The van der Waals surface area contributed by atoms with Crippen molar-refractivity contribution in [3.8, 4) is 5.75 Å². The standard InChI is InChI=1S/C26H31N3O4S/c1-26(2,3)23-16-24(29(28-23)21-13-14-34(31,32)18-21)27-25(30)17-33-22-12-8-7-11-20(22)15-19-9-5-4-6-10-19/h4-12,16,21H,13-15,17-18H2,1-3H3,(H,27,30)/t21-/m0/s1. The number of sulfone groups is 1. The van der Waals surface area contributed by atoms with Crippen molar-refractivity contribution in [1.82, 2.24) is 9.78 Å². The third kappa shape index (κ3) is 5.86. The molecule has 1 aromatic heterocycles. The van der Waals surface area contributed by atoms with Crippen molar-refractivity contribution in [2.45, 2.75) is 45.1 Å². The van der Waals surface area contributed by atoms with E-state index in [1.165, 1.54) is 0 Å². The third-order valence-corrected chi connectivity index (χ3v) is 7.65. The van der Waals surface area contributed by atoms with E-state index in [2.05, 4.69) is 22.5 Å². The number of amides is 1.